The summed E-state index contributed by atoms with van der Waals surface area (Å²) in [4.78, 5) is 22.9. The zero-order valence-corrected chi connectivity index (χ0v) is 13.1. The van der Waals surface area contributed by atoms with Crippen LogP contribution in [0.1, 0.15) is 31.7 Å². The number of nitrogens with two attached hydrogens (primary N) is 1. The number of esters is 1. The number of hydrogen-bond acceptors (Lipinski definition) is 7. The molecule has 1 rings (SSSR count). The third-order valence-corrected chi connectivity index (χ3v) is 3.07. The lowest BCUT2D eigenvalue weighted by atomic mass is 10.2. The van der Waals surface area contributed by atoms with Crippen molar-refractivity contribution in [2.45, 2.75) is 39.2 Å². The van der Waals surface area contributed by atoms with E-state index < -0.39 is 6.04 Å². The number of carbonyl (C=O) groups excluding carboxylic acids is 2. The molecule has 3 N–H and O–H groups in total. The predicted molar refractivity (Wildman–Crippen MR) is 79.0 cm³/mol. The van der Waals surface area contributed by atoms with Gasteiger partial charge < -0.3 is 10.5 Å². The summed E-state index contributed by atoms with van der Waals surface area (Å²) in [5.41, 5.74) is 5.67. The van der Waals surface area contributed by atoms with Gasteiger partial charge in [-0.2, -0.15) is 0 Å². The molecule has 1 atom stereocenters. The van der Waals surface area contributed by atoms with Gasteiger partial charge in [-0.15, -0.1) is 22.6 Å². The van der Waals surface area contributed by atoms with Crippen molar-refractivity contribution in [3.8, 4) is 0 Å². The highest BCUT2D eigenvalue weighted by Crippen LogP contribution is 2.16. The molecule has 0 saturated heterocycles. The summed E-state index contributed by atoms with van der Waals surface area (Å²) in [7, 11) is 0. The summed E-state index contributed by atoms with van der Waals surface area (Å²) in [5, 5.41) is 11.0. The van der Waals surface area contributed by atoms with E-state index in [9.17, 15) is 9.59 Å². The summed E-state index contributed by atoms with van der Waals surface area (Å²) in [5.74, 6) is -0.653. The van der Waals surface area contributed by atoms with Gasteiger partial charge in [-0.25, -0.2) is 0 Å². The van der Waals surface area contributed by atoms with E-state index in [1.807, 2.05) is 6.92 Å². The van der Waals surface area contributed by atoms with E-state index in [2.05, 4.69) is 15.5 Å². The second-order valence-corrected chi connectivity index (χ2v) is 4.93. The van der Waals surface area contributed by atoms with Crippen LogP contribution in [-0.4, -0.2) is 34.7 Å². The molecule has 0 aliphatic rings. The molecule has 0 aliphatic heterocycles. The Morgan fingerprint density at radius 1 is 1.40 bits per heavy atom. The summed E-state index contributed by atoms with van der Waals surface area (Å²) >= 11 is 1.14. The molecule has 0 spiro atoms. The lowest BCUT2D eigenvalue weighted by molar-refractivity contribution is -0.142. The fourth-order valence-corrected chi connectivity index (χ4v) is 2.08. The van der Waals surface area contributed by atoms with Crippen LogP contribution in [0.2, 0.25) is 0 Å². The second-order valence-electron chi connectivity index (χ2n) is 3.87. The highest BCUT2D eigenvalue weighted by molar-refractivity contribution is 7.15. The molecule has 1 aromatic rings. The van der Waals surface area contributed by atoms with Crippen LogP contribution in [0.15, 0.2) is 0 Å². The van der Waals surface area contributed by atoms with Gasteiger partial charge in [0.15, 0.2) is 0 Å². The maximum atomic E-state index is 11.6. The standard InChI is InChI=1S/C11H18N4O3S.ClH/c1-3-5-7(12)10(17)13-11-15-14-8(19-11)6-9(16)18-4-2;/h7H,3-6,12H2,1-2H3,(H,13,15,17);1H. The summed E-state index contributed by atoms with van der Waals surface area (Å²) < 4.78 is 4.80. The Morgan fingerprint density at radius 2 is 2.10 bits per heavy atom. The maximum absolute atomic E-state index is 11.6. The zero-order chi connectivity index (χ0) is 14.3. The molecule has 0 fully saturated rings. The first kappa shape index (κ1) is 18.8. The van der Waals surface area contributed by atoms with Gasteiger partial charge in [0.05, 0.1) is 19.1 Å². The van der Waals surface area contributed by atoms with Gasteiger partial charge >= 0.3 is 5.97 Å². The van der Waals surface area contributed by atoms with Crippen LogP contribution in [0.3, 0.4) is 0 Å². The van der Waals surface area contributed by atoms with Crippen molar-refractivity contribution in [1.29, 1.82) is 0 Å². The molecule has 1 heterocycles. The highest BCUT2D eigenvalue weighted by atomic mass is 35.5. The monoisotopic (exact) mass is 322 g/mol. The van der Waals surface area contributed by atoms with Gasteiger partial charge in [0.1, 0.15) is 5.01 Å². The van der Waals surface area contributed by atoms with Crippen molar-refractivity contribution in [2.24, 2.45) is 5.73 Å². The molecular weight excluding hydrogens is 304 g/mol. The number of aromatic nitrogens is 2. The van der Waals surface area contributed by atoms with Crippen molar-refractivity contribution < 1.29 is 14.3 Å². The molecule has 1 amide bonds. The first-order chi connectivity index (χ1) is 9.06. The first-order valence-corrected chi connectivity index (χ1v) is 6.92. The Hall–Kier alpha value is -1.25. The average molecular weight is 323 g/mol. The number of ether oxygens (including phenoxy) is 1. The molecule has 0 bridgehead atoms. The molecular formula is C11H19ClN4O3S. The fraction of sp³-hybridized carbons (Fsp3) is 0.636. The van der Waals surface area contributed by atoms with E-state index in [0.29, 0.717) is 23.2 Å². The number of amides is 1. The smallest absolute Gasteiger partial charge is 0.312 e. The van der Waals surface area contributed by atoms with Crippen molar-refractivity contribution in [1.82, 2.24) is 10.2 Å². The molecule has 7 nitrogen and oxygen atoms in total. The molecule has 9 heteroatoms. The minimum atomic E-state index is -0.553. The number of nitrogens with one attached hydrogen (secondary N) is 1. The molecule has 114 valence electrons. The second kappa shape index (κ2) is 9.62. The van der Waals surface area contributed by atoms with Crippen LogP contribution >= 0.6 is 23.7 Å². The van der Waals surface area contributed by atoms with Gasteiger partial charge in [0.25, 0.3) is 0 Å². The molecule has 20 heavy (non-hydrogen) atoms. The average Bonchev–Trinajstić information content (AvgIpc) is 2.77. The molecule has 0 radical (unpaired) electrons. The summed E-state index contributed by atoms with van der Waals surface area (Å²) in [6, 6.07) is -0.553. The van der Waals surface area contributed by atoms with Crippen LogP contribution in [-0.2, 0) is 20.7 Å². The van der Waals surface area contributed by atoms with Gasteiger partial charge in [0.2, 0.25) is 11.0 Å². The molecule has 0 aromatic carbocycles. The van der Waals surface area contributed by atoms with E-state index in [0.717, 1.165) is 17.8 Å². The van der Waals surface area contributed by atoms with Gasteiger partial charge in [-0.05, 0) is 13.3 Å². The molecule has 0 saturated carbocycles. The van der Waals surface area contributed by atoms with Gasteiger partial charge in [0, 0.05) is 0 Å². The van der Waals surface area contributed by atoms with Crippen LogP contribution in [0.25, 0.3) is 0 Å². The number of carbonyl (C=O) groups is 2. The largest absolute Gasteiger partial charge is 0.466 e. The zero-order valence-electron chi connectivity index (χ0n) is 11.4. The summed E-state index contributed by atoms with van der Waals surface area (Å²) in [6.07, 6.45) is 1.50. The Morgan fingerprint density at radius 3 is 2.70 bits per heavy atom. The van der Waals surface area contributed by atoms with E-state index in [4.69, 9.17) is 10.5 Å². The SMILES string of the molecule is CCCC(N)C(=O)Nc1nnc(CC(=O)OCC)s1.Cl. The Kier molecular flexibility index (Phi) is 9.02. The Bertz CT molecular complexity index is 441. The highest BCUT2D eigenvalue weighted by Gasteiger charge is 2.16. The van der Waals surface area contributed by atoms with E-state index in [-0.39, 0.29) is 30.7 Å². The number of rotatable bonds is 7. The Balaban J connectivity index is 0.00000361. The number of anilines is 1. The van der Waals surface area contributed by atoms with Crippen LogP contribution in [0, 0.1) is 0 Å². The summed E-state index contributed by atoms with van der Waals surface area (Å²) in [6.45, 7) is 4.02. The molecule has 1 aromatic heterocycles. The lowest BCUT2D eigenvalue weighted by Gasteiger charge is -2.08. The third-order valence-electron chi connectivity index (χ3n) is 2.23. The number of nitrogens with zero attached hydrogens (tertiary/aromatic N) is 2. The third kappa shape index (κ3) is 6.27. The topological polar surface area (TPSA) is 107 Å². The van der Waals surface area contributed by atoms with Crippen LogP contribution < -0.4 is 11.1 Å². The first-order valence-electron chi connectivity index (χ1n) is 6.11. The lowest BCUT2D eigenvalue weighted by Crippen LogP contribution is -2.35. The number of hydrogen-bond donors (Lipinski definition) is 2. The minimum Gasteiger partial charge on any atom is -0.466 e. The quantitative estimate of drug-likeness (QED) is 0.729. The minimum absolute atomic E-state index is 0. The van der Waals surface area contributed by atoms with Crippen molar-refractivity contribution in [3.05, 3.63) is 5.01 Å². The van der Waals surface area contributed by atoms with Crippen LogP contribution in [0.5, 0.6) is 0 Å². The predicted octanol–water partition coefficient (Wildman–Crippen LogP) is 1.13. The van der Waals surface area contributed by atoms with Gasteiger partial charge in [-0.3, -0.25) is 14.9 Å². The Labute approximate surface area is 127 Å². The molecule has 0 aliphatic carbocycles. The van der Waals surface area contributed by atoms with E-state index in [1.54, 1.807) is 6.92 Å². The number of halogens is 1. The fourth-order valence-electron chi connectivity index (χ4n) is 1.35. The van der Waals surface area contributed by atoms with Crippen molar-refractivity contribution in [3.63, 3.8) is 0 Å². The van der Waals surface area contributed by atoms with E-state index in [1.165, 1.54) is 0 Å². The van der Waals surface area contributed by atoms with Crippen LogP contribution in [0.4, 0.5) is 5.13 Å². The maximum Gasteiger partial charge on any atom is 0.312 e. The van der Waals surface area contributed by atoms with Crippen molar-refractivity contribution in [2.75, 3.05) is 11.9 Å². The van der Waals surface area contributed by atoms with Gasteiger partial charge in [-0.1, -0.05) is 24.7 Å². The van der Waals surface area contributed by atoms with Crippen molar-refractivity contribution >= 4 is 40.8 Å². The normalized spacial score (nSPS) is 11.3. The molecule has 1 unspecified atom stereocenters. The van der Waals surface area contributed by atoms with E-state index >= 15 is 0 Å².